The van der Waals surface area contributed by atoms with Crippen LogP contribution in [0.4, 0.5) is 5.82 Å². The van der Waals surface area contributed by atoms with Gasteiger partial charge in [0.05, 0.1) is 9.61 Å². The molecular formula is C12H18IN5. The van der Waals surface area contributed by atoms with Crippen LogP contribution in [0.25, 0.3) is 0 Å². The van der Waals surface area contributed by atoms with Crippen molar-refractivity contribution in [2.75, 3.05) is 44.6 Å². The van der Waals surface area contributed by atoms with E-state index in [0.29, 0.717) is 6.04 Å². The lowest BCUT2D eigenvalue weighted by molar-refractivity contribution is 0.00868. The van der Waals surface area contributed by atoms with Gasteiger partial charge >= 0.3 is 0 Å². The Balaban J connectivity index is 1.85. The summed E-state index contributed by atoms with van der Waals surface area (Å²) < 4.78 is 1.09. The highest BCUT2D eigenvalue weighted by atomic mass is 127. The molecule has 0 aliphatic carbocycles. The molecule has 4 heterocycles. The molecule has 4 rings (SSSR count). The van der Waals surface area contributed by atoms with Crippen LogP contribution in [-0.2, 0) is 0 Å². The zero-order valence-electron chi connectivity index (χ0n) is 10.6. The average molecular weight is 359 g/mol. The standard InChI is InChI=1S/C12H18IN5/c1-2-14-11-9(13)7-15-12(16-11)10-8-17-3-5-18(10)6-4-17/h7,10H,2-6,8H2,1H3,(H,14,15,16). The first-order valence-electron chi connectivity index (χ1n) is 6.50. The quantitative estimate of drug-likeness (QED) is 0.822. The third kappa shape index (κ3) is 2.33. The topological polar surface area (TPSA) is 44.3 Å². The Kier molecular flexibility index (Phi) is 3.67. The zero-order valence-corrected chi connectivity index (χ0v) is 12.7. The molecule has 1 atom stereocenters. The fourth-order valence-corrected chi connectivity index (χ4v) is 3.15. The van der Waals surface area contributed by atoms with Crippen LogP contribution in [0.3, 0.4) is 0 Å². The Bertz CT molecular complexity index is 430. The van der Waals surface area contributed by atoms with Crippen LogP contribution in [0.15, 0.2) is 6.20 Å². The first-order chi connectivity index (χ1) is 8.78. The van der Waals surface area contributed by atoms with Crippen molar-refractivity contribution in [2.24, 2.45) is 0 Å². The second-order valence-corrected chi connectivity index (χ2v) is 5.97. The summed E-state index contributed by atoms with van der Waals surface area (Å²) >= 11 is 2.28. The number of fused-ring (bicyclic) bond motifs is 3. The SMILES string of the molecule is CCNc1nc(C2CN3CCN2CC3)ncc1I. The molecule has 1 unspecified atom stereocenters. The number of halogens is 1. The molecule has 3 aliphatic heterocycles. The molecule has 18 heavy (non-hydrogen) atoms. The minimum absolute atomic E-state index is 0.377. The van der Waals surface area contributed by atoms with E-state index in [-0.39, 0.29) is 0 Å². The highest BCUT2D eigenvalue weighted by molar-refractivity contribution is 14.1. The Hall–Kier alpha value is -0.470. The van der Waals surface area contributed by atoms with E-state index in [4.69, 9.17) is 4.98 Å². The fourth-order valence-electron chi connectivity index (χ4n) is 2.70. The van der Waals surface area contributed by atoms with E-state index in [1.54, 1.807) is 0 Å². The number of rotatable bonds is 3. The van der Waals surface area contributed by atoms with Crippen LogP contribution in [-0.4, -0.2) is 59.0 Å². The Labute approximate surface area is 121 Å². The van der Waals surface area contributed by atoms with Crippen LogP contribution < -0.4 is 5.32 Å². The molecule has 0 amide bonds. The van der Waals surface area contributed by atoms with E-state index >= 15 is 0 Å². The molecule has 98 valence electrons. The van der Waals surface area contributed by atoms with Gasteiger partial charge in [0.1, 0.15) is 11.6 Å². The maximum Gasteiger partial charge on any atom is 0.149 e. The van der Waals surface area contributed by atoms with Gasteiger partial charge in [0, 0.05) is 45.5 Å². The molecule has 1 aromatic heterocycles. The van der Waals surface area contributed by atoms with Crippen molar-refractivity contribution >= 4 is 28.4 Å². The average Bonchev–Trinajstić information content (AvgIpc) is 2.43. The largest absolute Gasteiger partial charge is 0.369 e. The first kappa shape index (κ1) is 12.6. The van der Waals surface area contributed by atoms with Gasteiger partial charge in [-0.25, -0.2) is 9.97 Å². The molecule has 0 radical (unpaired) electrons. The molecular weight excluding hydrogens is 341 g/mol. The minimum Gasteiger partial charge on any atom is -0.369 e. The van der Waals surface area contributed by atoms with Crippen molar-refractivity contribution < 1.29 is 0 Å². The summed E-state index contributed by atoms with van der Waals surface area (Å²) in [5.74, 6) is 1.94. The normalized spacial score (nSPS) is 30.4. The number of nitrogens with one attached hydrogen (secondary N) is 1. The van der Waals surface area contributed by atoms with Crippen LogP contribution in [0.5, 0.6) is 0 Å². The van der Waals surface area contributed by atoms with Crippen molar-refractivity contribution in [2.45, 2.75) is 13.0 Å². The molecule has 2 bridgehead atoms. The van der Waals surface area contributed by atoms with Gasteiger partial charge in [-0.3, -0.25) is 9.80 Å². The summed E-state index contributed by atoms with van der Waals surface area (Å²) in [5, 5.41) is 3.31. The predicted molar refractivity (Wildman–Crippen MR) is 79.7 cm³/mol. The monoisotopic (exact) mass is 359 g/mol. The van der Waals surface area contributed by atoms with Crippen molar-refractivity contribution in [3.8, 4) is 0 Å². The second-order valence-electron chi connectivity index (χ2n) is 4.81. The highest BCUT2D eigenvalue weighted by Gasteiger charge is 2.34. The predicted octanol–water partition coefficient (Wildman–Crippen LogP) is 1.19. The number of hydrogen-bond acceptors (Lipinski definition) is 5. The summed E-state index contributed by atoms with van der Waals surface area (Å²) in [5.41, 5.74) is 0. The Morgan fingerprint density at radius 1 is 1.39 bits per heavy atom. The third-order valence-corrected chi connectivity index (χ3v) is 4.47. The van der Waals surface area contributed by atoms with E-state index in [2.05, 4.69) is 49.6 Å². The molecule has 1 aromatic rings. The molecule has 5 nitrogen and oxygen atoms in total. The molecule has 3 fully saturated rings. The summed E-state index contributed by atoms with van der Waals surface area (Å²) in [6, 6.07) is 0.377. The van der Waals surface area contributed by atoms with Crippen LogP contribution in [0, 0.1) is 3.57 Å². The van der Waals surface area contributed by atoms with E-state index < -0.39 is 0 Å². The van der Waals surface area contributed by atoms with Crippen LogP contribution in [0.2, 0.25) is 0 Å². The van der Waals surface area contributed by atoms with Crippen molar-refractivity contribution in [3.63, 3.8) is 0 Å². The maximum atomic E-state index is 4.71. The first-order valence-corrected chi connectivity index (χ1v) is 7.58. The molecule has 6 heteroatoms. The van der Waals surface area contributed by atoms with Crippen molar-refractivity contribution in [1.82, 2.24) is 19.8 Å². The summed E-state index contributed by atoms with van der Waals surface area (Å²) in [7, 11) is 0. The summed E-state index contributed by atoms with van der Waals surface area (Å²) in [4.78, 5) is 14.3. The molecule has 3 aliphatic rings. The number of nitrogens with zero attached hydrogens (tertiary/aromatic N) is 4. The van der Waals surface area contributed by atoms with E-state index in [9.17, 15) is 0 Å². The van der Waals surface area contributed by atoms with Crippen molar-refractivity contribution in [1.29, 1.82) is 0 Å². The molecule has 0 spiro atoms. The van der Waals surface area contributed by atoms with Gasteiger partial charge in [0.2, 0.25) is 0 Å². The second kappa shape index (κ2) is 5.26. The molecule has 0 saturated carbocycles. The van der Waals surface area contributed by atoms with Crippen molar-refractivity contribution in [3.05, 3.63) is 15.6 Å². The van der Waals surface area contributed by atoms with Crippen LogP contribution >= 0.6 is 22.6 Å². The number of aromatic nitrogens is 2. The van der Waals surface area contributed by atoms with E-state index in [0.717, 1.165) is 41.4 Å². The molecule has 0 aromatic carbocycles. The van der Waals surface area contributed by atoms with Gasteiger partial charge in [0.15, 0.2) is 0 Å². The zero-order chi connectivity index (χ0) is 12.5. The molecule has 1 N–H and O–H groups in total. The van der Waals surface area contributed by atoms with Gasteiger partial charge in [-0.1, -0.05) is 0 Å². The van der Waals surface area contributed by atoms with Gasteiger partial charge in [0.25, 0.3) is 0 Å². The van der Waals surface area contributed by atoms with Gasteiger partial charge in [-0.2, -0.15) is 0 Å². The lowest BCUT2D eigenvalue weighted by Crippen LogP contribution is -2.57. The lowest BCUT2D eigenvalue weighted by Gasteiger charge is -2.46. The van der Waals surface area contributed by atoms with E-state index in [1.165, 1.54) is 13.1 Å². The van der Waals surface area contributed by atoms with E-state index in [1.807, 2.05) is 6.20 Å². The van der Waals surface area contributed by atoms with Gasteiger partial charge < -0.3 is 5.32 Å². The highest BCUT2D eigenvalue weighted by Crippen LogP contribution is 2.27. The van der Waals surface area contributed by atoms with Crippen LogP contribution in [0.1, 0.15) is 18.8 Å². The van der Waals surface area contributed by atoms with Gasteiger partial charge in [-0.05, 0) is 29.5 Å². The van der Waals surface area contributed by atoms with Gasteiger partial charge in [-0.15, -0.1) is 0 Å². The minimum atomic E-state index is 0.377. The number of anilines is 1. The maximum absolute atomic E-state index is 4.71. The summed E-state index contributed by atoms with van der Waals surface area (Å²) in [6.07, 6.45) is 1.93. The molecule has 3 saturated heterocycles. The Morgan fingerprint density at radius 3 is 2.78 bits per heavy atom. The lowest BCUT2D eigenvalue weighted by atomic mass is 10.1. The number of hydrogen-bond donors (Lipinski definition) is 1. The number of piperazine rings is 3. The summed E-state index contributed by atoms with van der Waals surface area (Å²) in [6.45, 7) is 8.75. The Morgan fingerprint density at radius 2 is 2.17 bits per heavy atom. The third-order valence-electron chi connectivity index (χ3n) is 3.68. The smallest absolute Gasteiger partial charge is 0.149 e. The fraction of sp³-hybridized carbons (Fsp3) is 0.667.